The van der Waals surface area contributed by atoms with Gasteiger partial charge in [-0.15, -0.1) is 0 Å². The van der Waals surface area contributed by atoms with E-state index in [4.69, 9.17) is 9.47 Å². The van der Waals surface area contributed by atoms with E-state index in [9.17, 15) is 9.59 Å². The molecule has 0 aromatic rings. The largest absolute Gasteiger partial charge is 0.382 e. The zero-order valence-corrected chi connectivity index (χ0v) is 12.9. The first-order chi connectivity index (χ1) is 9.45. The lowest BCUT2D eigenvalue weighted by atomic mass is 9.94. The highest BCUT2D eigenvalue weighted by molar-refractivity contribution is 5.99. The molecule has 6 heteroatoms. The number of nitrogens with one attached hydrogen (secondary N) is 1. The lowest BCUT2D eigenvalue weighted by Gasteiger charge is -2.44. The Morgan fingerprint density at radius 2 is 1.95 bits per heavy atom. The third kappa shape index (κ3) is 3.93. The van der Waals surface area contributed by atoms with E-state index in [1.807, 2.05) is 6.92 Å². The summed E-state index contributed by atoms with van der Waals surface area (Å²) in [6, 6.07) is -0.403. The van der Waals surface area contributed by atoms with Crippen LogP contribution in [-0.4, -0.2) is 61.8 Å². The SMILES string of the molecule is CCCC1NC(=O)C(C)(C)N(CCOCCOC)C1=O. The van der Waals surface area contributed by atoms with Gasteiger partial charge in [-0.3, -0.25) is 9.59 Å². The molecule has 0 aromatic carbocycles. The van der Waals surface area contributed by atoms with Gasteiger partial charge in [0.2, 0.25) is 11.8 Å². The third-order valence-electron chi connectivity index (χ3n) is 3.57. The zero-order chi connectivity index (χ0) is 15.2. The number of carbonyl (C=O) groups excluding carboxylic acids is 2. The Kier molecular flexibility index (Phi) is 6.42. The van der Waals surface area contributed by atoms with Crippen molar-refractivity contribution in [3.63, 3.8) is 0 Å². The number of hydrogen-bond acceptors (Lipinski definition) is 4. The Labute approximate surface area is 120 Å². The standard InChI is InChI=1S/C14H26N2O4/c1-5-6-11-12(17)16(7-8-20-10-9-19-4)14(2,3)13(18)15-11/h11H,5-10H2,1-4H3,(H,15,18). The quantitative estimate of drug-likeness (QED) is 0.662. The van der Waals surface area contributed by atoms with Gasteiger partial charge in [0.25, 0.3) is 0 Å². The summed E-state index contributed by atoms with van der Waals surface area (Å²) in [5.41, 5.74) is -0.827. The fourth-order valence-electron chi connectivity index (χ4n) is 2.26. The van der Waals surface area contributed by atoms with Gasteiger partial charge in [0.05, 0.1) is 19.8 Å². The van der Waals surface area contributed by atoms with Crippen molar-refractivity contribution in [2.75, 3.05) is 33.5 Å². The normalized spacial score (nSPS) is 22.0. The van der Waals surface area contributed by atoms with E-state index >= 15 is 0 Å². The molecule has 1 N–H and O–H groups in total. The summed E-state index contributed by atoms with van der Waals surface area (Å²) in [6.45, 7) is 7.36. The van der Waals surface area contributed by atoms with Gasteiger partial charge in [0.1, 0.15) is 11.6 Å². The Bertz CT molecular complexity index is 344. The molecule has 0 saturated carbocycles. The van der Waals surface area contributed by atoms with Crippen molar-refractivity contribution in [2.45, 2.75) is 45.2 Å². The van der Waals surface area contributed by atoms with Gasteiger partial charge in [-0.05, 0) is 20.3 Å². The third-order valence-corrected chi connectivity index (χ3v) is 3.57. The molecule has 1 saturated heterocycles. The molecule has 116 valence electrons. The van der Waals surface area contributed by atoms with Gasteiger partial charge >= 0.3 is 0 Å². The second kappa shape index (κ2) is 7.59. The number of amides is 2. The van der Waals surface area contributed by atoms with Crippen LogP contribution in [-0.2, 0) is 19.1 Å². The van der Waals surface area contributed by atoms with Gasteiger partial charge in [-0.2, -0.15) is 0 Å². The minimum absolute atomic E-state index is 0.0215. The molecular weight excluding hydrogens is 260 g/mol. The maximum atomic E-state index is 12.4. The molecule has 0 spiro atoms. The smallest absolute Gasteiger partial charge is 0.246 e. The molecule has 1 unspecified atom stereocenters. The summed E-state index contributed by atoms with van der Waals surface area (Å²) in [7, 11) is 1.61. The predicted octanol–water partition coefficient (Wildman–Crippen LogP) is 0.555. The highest BCUT2D eigenvalue weighted by Gasteiger charge is 2.45. The molecule has 1 aliphatic heterocycles. The summed E-state index contributed by atoms with van der Waals surface area (Å²) in [5.74, 6) is -0.126. The highest BCUT2D eigenvalue weighted by Crippen LogP contribution is 2.22. The summed E-state index contributed by atoms with van der Waals surface area (Å²) in [5, 5.41) is 2.81. The molecule has 0 bridgehead atoms. The fraction of sp³-hybridized carbons (Fsp3) is 0.857. The van der Waals surface area contributed by atoms with Crippen molar-refractivity contribution < 1.29 is 19.1 Å². The van der Waals surface area contributed by atoms with Crippen LogP contribution in [0.2, 0.25) is 0 Å². The summed E-state index contributed by atoms with van der Waals surface area (Å²) in [4.78, 5) is 26.2. The van der Waals surface area contributed by atoms with Crippen molar-refractivity contribution in [1.82, 2.24) is 10.2 Å². The second-order valence-electron chi connectivity index (χ2n) is 5.47. The molecular formula is C14H26N2O4. The highest BCUT2D eigenvalue weighted by atomic mass is 16.5. The monoisotopic (exact) mass is 286 g/mol. The van der Waals surface area contributed by atoms with Crippen molar-refractivity contribution in [3.05, 3.63) is 0 Å². The van der Waals surface area contributed by atoms with Gasteiger partial charge in [-0.25, -0.2) is 0 Å². The molecule has 1 aliphatic rings. The topological polar surface area (TPSA) is 67.9 Å². The summed E-state index contributed by atoms with van der Waals surface area (Å²) < 4.78 is 10.3. The second-order valence-corrected chi connectivity index (χ2v) is 5.47. The molecule has 6 nitrogen and oxygen atoms in total. The fourth-order valence-corrected chi connectivity index (χ4v) is 2.26. The lowest BCUT2D eigenvalue weighted by molar-refractivity contribution is -0.156. The van der Waals surface area contributed by atoms with Crippen LogP contribution in [0.3, 0.4) is 0 Å². The minimum Gasteiger partial charge on any atom is -0.382 e. The molecule has 0 aromatic heterocycles. The Morgan fingerprint density at radius 1 is 1.25 bits per heavy atom. The molecule has 1 atom stereocenters. The number of rotatable bonds is 8. The Balaban J connectivity index is 2.62. The maximum Gasteiger partial charge on any atom is 0.246 e. The number of methoxy groups -OCH3 is 1. The van der Waals surface area contributed by atoms with Crippen LogP contribution in [0.5, 0.6) is 0 Å². The molecule has 0 aliphatic carbocycles. The van der Waals surface area contributed by atoms with Gasteiger partial charge in [0, 0.05) is 13.7 Å². The summed E-state index contributed by atoms with van der Waals surface area (Å²) in [6.07, 6.45) is 1.52. The average Bonchev–Trinajstić information content (AvgIpc) is 2.39. The average molecular weight is 286 g/mol. The first kappa shape index (κ1) is 16.9. The van der Waals surface area contributed by atoms with Crippen molar-refractivity contribution in [2.24, 2.45) is 0 Å². The van der Waals surface area contributed by atoms with Crippen LogP contribution < -0.4 is 5.32 Å². The molecule has 1 heterocycles. The first-order valence-electron chi connectivity index (χ1n) is 7.14. The predicted molar refractivity (Wildman–Crippen MR) is 75.3 cm³/mol. The molecule has 0 radical (unpaired) electrons. The molecule has 1 fully saturated rings. The van der Waals surface area contributed by atoms with Gasteiger partial charge in [0.15, 0.2) is 0 Å². The first-order valence-corrected chi connectivity index (χ1v) is 7.14. The van der Waals surface area contributed by atoms with E-state index in [0.29, 0.717) is 32.8 Å². The Hall–Kier alpha value is -1.14. The number of hydrogen-bond donors (Lipinski definition) is 1. The minimum atomic E-state index is -0.827. The molecule has 2 amide bonds. The maximum absolute atomic E-state index is 12.4. The number of carbonyl (C=O) groups is 2. The van der Waals surface area contributed by atoms with E-state index in [0.717, 1.165) is 6.42 Å². The number of nitrogens with zero attached hydrogens (tertiary/aromatic N) is 1. The van der Waals surface area contributed by atoms with Crippen molar-refractivity contribution in [1.29, 1.82) is 0 Å². The number of piperazine rings is 1. The van der Waals surface area contributed by atoms with Crippen LogP contribution in [0, 0.1) is 0 Å². The van der Waals surface area contributed by atoms with E-state index in [1.165, 1.54) is 0 Å². The van der Waals surface area contributed by atoms with Crippen LogP contribution in [0.4, 0.5) is 0 Å². The van der Waals surface area contributed by atoms with Crippen LogP contribution >= 0.6 is 0 Å². The van der Waals surface area contributed by atoms with E-state index in [-0.39, 0.29) is 11.8 Å². The molecule has 1 rings (SSSR count). The van der Waals surface area contributed by atoms with Gasteiger partial charge < -0.3 is 19.7 Å². The van der Waals surface area contributed by atoms with E-state index in [2.05, 4.69) is 5.32 Å². The number of ether oxygens (including phenoxy) is 2. The van der Waals surface area contributed by atoms with E-state index in [1.54, 1.807) is 25.9 Å². The van der Waals surface area contributed by atoms with Crippen LogP contribution in [0.15, 0.2) is 0 Å². The van der Waals surface area contributed by atoms with E-state index < -0.39 is 11.6 Å². The lowest BCUT2D eigenvalue weighted by Crippen LogP contribution is -2.68. The zero-order valence-electron chi connectivity index (χ0n) is 12.9. The van der Waals surface area contributed by atoms with Crippen molar-refractivity contribution >= 4 is 11.8 Å². The summed E-state index contributed by atoms with van der Waals surface area (Å²) >= 11 is 0. The molecule has 20 heavy (non-hydrogen) atoms. The van der Waals surface area contributed by atoms with Crippen LogP contribution in [0.25, 0.3) is 0 Å². The van der Waals surface area contributed by atoms with Crippen molar-refractivity contribution in [3.8, 4) is 0 Å². The Morgan fingerprint density at radius 3 is 2.55 bits per heavy atom. The van der Waals surface area contributed by atoms with Gasteiger partial charge in [-0.1, -0.05) is 13.3 Å². The van der Waals surface area contributed by atoms with Crippen LogP contribution in [0.1, 0.15) is 33.6 Å².